The fourth-order valence-electron chi connectivity index (χ4n) is 3.50. The van der Waals surface area contributed by atoms with E-state index in [2.05, 4.69) is 11.4 Å². The van der Waals surface area contributed by atoms with Crippen LogP contribution in [-0.2, 0) is 16.1 Å². The van der Waals surface area contributed by atoms with Crippen LogP contribution in [0.2, 0.25) is 0 Å². The number of aryl methyl sites for hydroxylation is 3. The molecule has 0 aliphatic rings. The maximum absolute atomic E-state index is 13.2. The van der Waals surface area contributed by atoms with Crippen molar-refractivity contribution in [3.05, 3.63) is 64.7 Å². The minimum Gasteiger partial charge on any atom is -0.484 e. The highest BCUT2D eigenvalue weighted by Crippen LogP contribution is 2.18. The van der Waals surface area contributed by atoms with Crippen molar-refractivity contribution in [2.24, 2.45) is 0 Å². The van der Waals surface area contributed by atoms with Crippen molar-refractivity contribution in [1.29, 1.82) is 0 Å². The Morgan fingerprint density at radius 1 is 0.935 bits per heavy atom. The summed E-state index contributed by atoms with van der Waals surface area (Å²) >= 11 is 0. The normalized spacial score (nSPS) is 12.7. The first-order chi connectivity index (χ1) is 14.7. The Hall–Kier alpha value is -2.82. The number of rotatable bonds is 10. The zero-order valence-electron chi connectivity index (χ0n) is 19.7. The summed E-state index contributed by atoms with van der Waals surface area (Å²) < 4.78 is 5.82. The molecule has 5 heteroatoms. The summed E-state index contributed by atoms with van der Waals surface area (Å²) in [7, 11) is 0. The Morgan fingerprint density at radius 2 is 1.55 bits per heavy atom. The van der Waals surface area contributed by atoms with Crippen LogP contribution in [0.4, 0.5) is 0 Å². The molecule has 2 rings (SSSR count). The van der Waals surface area contributed by atoms with Crippen LogP contribution in [0.1, 0.15) is 55.9 Å². The second-order valence-electron chi connectivity index (χ2n) is 8.36. The smallest absolute Gasteiger partial charge is 0.261 e. The zero-order valence-corrected chi connectivity index (χ0v) is 19.7. The molecule has 2 aromatic rings. The van der Waals surface area contributed by atoms with Gasteiger partial charge in [-0.1, -0.05) is 49.7 Å². The highest BCUT2D eigenvalue weighted by molar-refractivity contribution is 5.88. The molecule has 0 saturated carbocycles. The van der Waals surface area contributed by atoms with E-state index in [-0.39, 0.29) is 24.5 Å². The summed E-state index contributed by atoms with van der Waals surface area (Å²) in [5.41, 5.74) is 4.30. The molecule has 2 atom stereocenters. The molecule has 0 fully saturated rings. The quantitative estimate of drug-likeness (QED) is 0.601. The topological polar surface area (TPSA) is 58.6 Å². The van der Waals surface area contributed by atoms with Gasteiger partial charge in [-0.25, -0.2) is 0 Å². The first kappa shape index (κ1) is 24.4. The Labute approximate surface area is 186 Å². The molecule has 0 unspecified atom stereocenters. The molecule has 0 aliphatic carbocycles. The number of nitrogens with one attached hydrogen (secondary N) is 1. The van der Waals surface area contributed by atoms with E-state index in [4.69, 9.17) is 4.74 Å². The fourth-order valence-corrected chi connectivity index (χ4v) is 3.50. The van der Waals surface area contributed by atoms with Gasteiger partial charge in [0.05, 0.1) is 0 Å². The van der Waals surface area contributed by atoms with Gasteiger partial charge in [0.15, 0.2) is 6.61 Å². The van der Waals surface area contributed by atoms with Gasteiger partial charge in [0.2, 0.25) is 5.91 Å². The Morgan fingerprint density at radius 3 is 2.10 bits per heavy atom. The van der Waals surface area contributed by atoms with Crippen molar-refractivity contribution < 1.29 is 14.3 Å². The molecule has 2 aromatic carbocycles. The van der Waals surface area contributed by atoms with Crippen LogP contribution >= 0.6 is 0 Å². The summed E-state index contributed by atoms with van der Waals surface area (Å²) in [4.78, 5) is 27.8. The second-order valence-corrected chi connectivity index (χ2v) is 8.36. The molecule has 0 saturated heterocycles. The third kappa shape index (κ3) is 7.42. The second kappa shape index (κ2) is 11.5. The van der Waals surface area contributed by atoms with Crippen LogP contribution in [0, 0.1) is 20.8 Å². The van der Waals surface area contributed by atoms with Crippen molar-refractivity contribution in [1.82, 2.24) is 10.2 Å². The molecule has 0 spiro atoms. The van der Waals surface area contributed by atoms with Gasteiger partial charge >= 0.3 is 0 Å². The van der Waals surface area contributed by atoms with Gasteiger partial charge < -0.3 is 15.0 Å². The lowest BCUT2D eigenvalue weighted by Gasteiger charge is -2.31. The van der Waals surface area contributed by atoms with E-state index in [0.29, 0.717) is 18.7 Å². The average molecular weight is 425 g/mol. The Kier molecular flexibility index (Phi) is 9.10. The van der Waals surface area contributed by atoms with E-state index in [1.165, 1.54) is 0 Å². The summed E-state index contributed by atoms with van der Waals surface area (Å²) in [5, 5.41) is 3.03. The van der Waals surface area contributed by atoms with Crippen LogP contribution in [0.15, 0.2) is 42.5 Å². The van der Waals surface area contributed by atoms with Gasteiger partial charge in [-0.2, -0.15) is 0 Å². The number of benzene rings is 2. The lowest BCUT2D eigenvalue weighted by atomic mass is 10.1. The van der Waals surface area contributed by atoms with Crippen molar-refractivity contribution in [3.8, 4) is 5.75 Å². The van der Waals surface area contributed by atoms with Crippen LogP contribution in [0.5, 0.6) is 5.75 Å². The molecule has 1 N–H and O–H groups in total. The minimum atomic E-state index is -0.550. The highest BCUT2D eigenvalue weighted by Gasteiger charge is 2.29. The number of carbonyl (C=O) groups excluding carboxylic acids is 2. The van der Waals surface area contributed by atoms with Gasteiger partial charge in [0.1, 0.15) is 11.8 Å². The molecule has 0 bridgehead atoms. The first-order valence-corrected chi connectivity index (χ1v) is 11.1. The molecular formula is C26H36N2O3. The summed E-state index contributed by atoms with van der Waals surface area (Å²) in [5.74, 6) is 0.341. The molecule has 0 aliphatic heterocycles. The van der Waals surface area contributed by atoms with Gasteiger partial charge in [0.25, 0.3) is 5.91 Å². The third-order valence-corrected chi connectivity index (χ3v) is 5.42. The number of carbonyl (C=O) groups is 2. The van der Waals surface area contributed by atoms with Crippen molar-refractivity contribution in [2.75, 3.05) is 6.61 Å². The van der Waals surface area contributed by atoms with Crippen LogP contribution in [0.3, 0.4) is 0 Å². The highest BCUT2D eigenvalue weighted by atomic mass is 16.5. The number of hydrogen-bond acceptors (Lipinski definition) is 3. The predicted octanol–water partition coefficient (Wildman–Crippen LogP) is 4.71. The Balaban J connectivity index is 2.22. The van der Waals surface area contributed by atoms with Crippen molar-refractivity contribution >= 4 is 11.8 Å². The van der Waals surface area contributed by atoms with E-state index in [1.807, 2.05) is 77.9 Å². The predicted molar refractivity (Wildman–Crippen MR) is 125 cm³/mol. The maximum atomic E-state index is 13.2. The Bertz CT molecular complexity index is 856. The minimum absolute atomic E-state index is 0.0596. The summed E-state index contributed by atoms with van der Waals surface area (Å²) in [6.07, 6.45) is 1.37. The van der Waals surface area contributed by atoms with Crippen LogP contribution in [-0.4, -0.2) is 35.4 Å². The van der Waals surface area contributed by atoms with Crippen LogP contribution in [0.25, 0.3) is 0 Å². The van der Waals surface area contributed by atoms with Gasteiger partial charge in [-0.3, -0.25) is 9.59 Å². The van der Waals surface area contributed by atoms with Crippen molar-refractivity contribution in [3.63, 3.8) is 0 Å². The lowest BCUT2D eigenvalue weighted by molar-refractivity contribution is -0.143. The fraction of sp³-hybridized carbons (Fsp3) is 0.462. The largest absolute Gasteiger partial charge is 0.484 e. The van der Waals surface area contributed by atoms with Crippen LogP contribution < -0.4 is 10.1 Å². The number of ether oxygens (including phenoxy) is 1. The number of amides is 2. The average Bonchev–Trinajstić information content (AvgIpc) is 2.72. The first-order valence-electron chi connectivity index (χ1n) is 11.1. The third-order valence-electron chi connectivity index (χ3n) is 5.42. The van der Waals surface area contributed by atoms with Gasteiger partial charge in [-0.05, 0) is 69.4 Å². The summed E-state index contributed by atoms with van der Waals surface area (Å²) in [6.45, 7) is 12.2. The number of hydrogen-bond donors (Lipinski definition) is 1. The SMILES string of the molecule is CC[C@H](C(=O)N[C@@H](C)CC)N(Cc1ccc(C)cc1)C(=O)COc1cc(C)cc(C)c1. The van der Waals surface area contributed by atoms with E-state index in [9.17, 15) is 9.59 Å². The maximum Gasteiger partial charge on any atom is 0.261 e. The summed E-state index contributed by atoms with van der Waals surface area (Å²) in [6, 6.07) is 13.4. The van der Waals surface area contributed by atoms with E-state index in [0.717, 1.165) is 28.7 Å². The van der Waals surface area contributed by atoms with Gasteiger partial charge in [0, 0.05) is 12.6 Å². The van der Waals surface area contributed by atoms with Crippen molar-refractivity contribution in [2.45, 2.75) is 73.0 Å². The lowest BCUT2D eigenvalue weighted by Crippen LogP contribution is -2.51. The van der Waals surface area contributed by atoms with E-state index < -0.39 is 6.04 Å². The number of nitrogens with zero attached hydrogens (tertiary/aromatic N) is 1. The zero-order chi connectivity index (χ0) is 23.0. The van der Waals surface area contributed by atoms with E-state index in [1.54, 1.807) is 4.90 Å². The molecule has 0 aromatic heterocycles. The van der Waals surface area contributed by atoms with Gasteiger partial charge in [-0.15, -0.1) is 0 Å². The molecule has 5 nitrogen and oxygen atoms in total. The molecule has 0 heterocycles. The van der Waals surface area contributed by atoms with E-state index >= 15 is 0 Å². The molecular weight excluding hydrogens is 388 g/mol. The monoisotopic (exact) mass is 424 g/mol. The molecule has 0 radical (unpaired) electrons. The molecule has 2 amide bonds. The molecule has 31 heavy (non-hydrogen) atoms. The standard InChI is InChI=1S/C26H36N2O3/c1-7-21(6)27-26(30)24(8-2)28(16-22-11-9-18(3)10-12-22)25(29)17-31-23-14-19(4)13-20(5)15-23/h9-15,21,24H,7-8,16-17H2,1-6H3,(H,27,30)/t21-,24+/m0/s1. The molecule has 168 valence electrons.